The molecule has 0 saturated heterocycles. The minimum atomic E-state index is 0.586. The zero-order valence-corrected chi connectivity index (χ0v) is 34.6. The summed E-state index contributed by atoms with van der Waals surface area (Å²) in [5, 5.41) is 11.9. The molecular formula is C50H25Cl5O5. The first-order valence-electron chi connectivity index (χ1n) is 18.7. The van der Waals surface area contributed by atoms with Crippen LogP contribution in [-0.2, 0) is 0 Å². The molecule has 11 rings (SSSR count). The molecule has 290 valence electrons. The monoisotopic (exact) mass is 880 g/mol. The molecule has 0 amide bonds. The molecule has 0 radical (unpaired) electrons. The fraction of sp³-hybridized carbons (Fsp3) is 0. The number of ether oxygens (including phenoxy) is 5. The molecule has 0 heterocycles. The molecule has 10 heteroatoms. The van der Waals surface area contributed by atoms with Crippen LogP contribution in [0.2, 0.25) is 25.1 Å². The lowest BCUT2D eigenvalue weighted by atomic mass is 9.97. The quantitative estimate of drug-likeness (QED) is 0.128. The average Bonchev–Trinajstić information content (AvgIpc) is 3.61. The summed E-state index contributed by atoms with van der Waals surface area (Å²) < 4.78 is 33.9. The van der Waals surface area contributed by atoms with Crippen molar-refractivity contribution in [2.45, 2.75) is 0 Å². The Kier molecular flexibility index (Phi) is 9.00. The normalized spacial score (nSPS) is 11.8. The molecule has 5 nitrogen and oxygen atoms in total. The first-order valence-corrected chi connectivity index (χ1v) is 20.6. The van der Waals surface area contributed by atoms with E-state index >= 15 is 0 Å². The van der Waals surface area contributed by atoms with Crippen LogP contribution in [0, 0.1) is 0 Å². The van der Waals surface area contributed by atoms with Crippen LogP contribution < -0.4 is 23.7 Å². The van der Waals surface area contributed by atoms with E-state index in [1.807, 2.05) is 91.0 Å². The highest BCUT2D eigenvalue weighted by molar-refractivity contribution is 6.47. The molecule has 0 spiro atoms. The van der Waals surface area contributed by atoms with E-state index < -0.39 is 0 Å². The van der Waals surface area contributed by atoms with Gasteiger partial charge in [0.1, 0.15) is 57.5 Å². The Bertz CT molecular complexity index is 2800. The van der Waals surface area contributed by atoms with Crippen LogP contribution in [0.5, 0.6) is 57.5 Å². The van der Waals surface area contributed by atoms with Crippen molar-refractivity contribution in [2.75, 3.05) is 0 Å². The third-order valence-electron chi connectivity index (χ3n) is 10.5. The SMILES string of the molecule is Clc1ccc(Oc2cc3c(Oc4ccc(Cl)cc4)cc4c(Oc5ccc(Cl)cc5)cc5c(Oc6ccc(Cl)cc6)cc6c(Oc7ccc(Cl)cc7)cc2c2c6c5c4c32)cc1. The molecular weight excluding hydrogens is 858 g/mol. The first-order chi connectivity index (χ1) is 29.2. The maximum atomic E-state index is 6.77. The number of hydrogen-bond acceptors (Lipinski definition) is 5. The molecule has 0 fully saturated rings. The number of halogens is 5. The van der Waals surface area contributed by atoms with Gasteiger partial charge in [-0.2, -0.15) is 0 Å². The van der Waals surface area contributed by atoms with Crippen molar-refractivity contribution < 1.29 is 23.7 Å². The van der Waals surface area contributed by atoms with Gasteiger partial charge in [-0.05, 0) is 152 Å². The van der Waals surface area contributed by atoms with E-state index in [1.54, 1.807) is 60.7 Å². The van der Waals surface area contributed by atoms with E-state index in [0.29, 0.717) is 82.6 Å². The van der Waals surface area contributed by atoms with Gasteiger partial charge in [0.05, 0.1) is 0 Å². The Labute approximate surface area is 367 Å². The maximum absolute atomic E-state index is 6.77. The van der Waals surface area contributed by atoms with Gasteiger partial charge >= 0.3 is 0 Å². The Morgan fingerprint density at radius 3 is 0.517 bits per heavy atom. The van der Waals surface area contributed by atoms with Crippen molar-refractivity contribution >= 4 is 112 Å². The predicted molar refractivity (Wildman–Crippen MR) is 245 cm³/mol. The lowest BCUT2D eigenvalue weighted by Crippen LogP contribution is -1.92. The lowest BCUT2D eigenvalue weighted by molar-refractivity contribution is 0.480. The Morgan fingerprint density at radius 2 is 0.367 bits per heavy atom. The van der Waals surface area contributed by atoms with E-state index in [-0.39, 0.29) is 0 Å². The van der Waals surface area contributed by atoms with Crippen LogP contribution in [0.3, 0.4) is 0 Å². The molecule has 0 bridgehead atoms. The molecule has 0 aliphatic heterocycles. The second kappa shape index (κ2) is 14.6. The Hall–Kier alpha value is -6.05. The zero-order valence-electron chi connectivity index (χ0n) is 30.9. The summed E-state index contributed by atoms with van der Waals surface area (Å²) in [5.74, 6) is 5.96. The van der Waals surface area contributed by atoms with Gasteiger partial charge in [0, 0.05) is 79.0 Å². The van der Waals surface area contributed by atoms with E-state index in [9.17, 15) is 0 Å². The highest BCUT2D eigenvalue weighted by Gasteiger charge is 2.30. The van der Waals surface area contributed by atoms with Crippen molar-refractivity contribution in [2.24, 2.45) is 0 Å². The summed E-state index contributed by atoms with van der Waals surface area (Å²) in [6.45, 7) is 0. The molecule has 11 aromatic carbocycles. The van der Waals surface area contributed by atoms with Crippen LogP contribution in [-0.4, -0.2) is 0 Å². The van der Waals surface area contributed by atoms with Crippen LogP contribution in [0.1, 0.15) is 0 Å². The van der Waals surface area contributed by atoms with Crippen molar-refractivity contribution in [1.29, 1.82) is 0 Å². The van der Waals surface area contributed by atoms with Gasteiger partial charge in [0.25, 0.3) is 0 Å². The topological polar surface area (TPSA) is 46.2 Å². The molecule has 0 N–H and O–H groups in total. The van der Waals surface area contributed by atoms with Crippen LogP contribution in [0.15, 0.2) is 152 Å². The van der Waals surface area contributed by atoms with Gasteiger partial charge in [0.15, 0.2) is 0 Å². The number of benzene rings is 10. The highest BCUT2D eigenvalue weighted by atomic mass is 35.5. The molecule has 0 unspecified atom stereocenters. The van der Waals surface area contributed by atoms with Crippen LogP contribution in [0.25, 0.3) is 53.9 Å². The van der Waals surface area contributed by atoms with Gasteiger partial charge in [-0.25, -0.2) is 0 Å². The molecule has 0 aromatic heterocycles. The molecule has 0 aliphatic rings. The van der Waals surface area contributed by atoms with Crippen molar-refractivity contribution in [3.8, 4) is 57.5 Å². The van der Waals surface area contributed by atoms with Crippen molar-refractivity contribution in [1.82, 2.24) is 0 Å². The third-order valence-corrected chi connectivity index (χ3v) is 11.8. The van der Waals surface area contributed by atoms with Gasteiger partial charge in [-0.15, -0.1) is 0 Å². The van der Waals surface area contributed by atoms with Crippen LogP contribution in [0.4, 0.5) is 0 Å². The summed E-state index contributed by atoms with van der Waals surface area (Å²) in [7, 11) is 0. The smallest absolute Gasteiger partial charge is 0.136 e. The summed E-state index contributed by atoms with van der Waals surface area (Å²) in [4.78, 5) is 0. The Morgan fingerprint density at radius 1 is 0.217 bits per heavy atom. The lowest BCUT2D eigenvalue weighted by Gasteiger charge is -2.17. The molecule has 60 heavy (non-hydrogen) atoms. The molecule has 0 atom stereocenters. The summed E-state index contributed by atoms with van der Waals surface area (Å²) in [6.07, 6.45) is 0. The fourth-order valence-corrected chi connectivity index (χ4v) is 8.55. The number of hydrogen-bond donors (Lipinski definition) is 0. The van der Waals surface area contributed by atoms with Gasteiger partial charge in [-0.3, -0.25) is 0 Å². The minimum Gasteiger partial charge on any atom is -0.457 e. The average molecular weight is 883 g/mol. The van der Waals surface area contributed by atoms with E-state index in [2.05, 4.69) is 0 Å². The van der Waals surface area contributed by atoms with Gasteiger partial charge in [0.2, 0.25) is 0 Å². The van der Waals surface area contributed by atoms with E-state index in [4.69, 9.17) is 81.7 Å². The second-order valence-electron chi connectivity index (χ2n) is 14.3. The predicted octanol–water partition coefficient (Wildman–Crippen LogP) is 18.0. The van der Waals surface area contributed by atoms with Gasteiger partial charge < -0.3 is 23.7 Å². The zero-order chi connectivity index (χ0) is 40.6. The first kappa shape index (κ1) is 37.0. The summed E-state index contributed by atoms with van der Waals surface area (Å²) >= 11 is 31.5. The van der Waals surface area contributed by atoms with Crippen molar-refractivity contribution in [3.63, 3.8) is 0 Å². The third kappa shape index (κ3) is 6.51. The maximum Gasteiger partial charge on any atom is 0.136 e. The molecule has 11 aromatic rings. The van der Waals surface area contributed by atoms with Gasteiger partial charge in [-0.1, -0.05) is 58.0 Å². The number of rotatable bonds is 10. The largest absolute Gasteiger partial charge is 0.457 e. The summed E-state index contributed by atoms with van der Waals surface area (Å²) in [5.41, 5.74) is 0. The standard InChI is InChI=1S/C50H25Cl5O5/c51-26-1-11-31(12-2-26)56-41-21-37-43(58-33-15-5-28(53)6-16-33)23-39-45(60-35-19-9-30(55)10-20-35)25-40-44(59-34-17-7-29(54)8-18-34)24-38-42(57-32-13-3-27(52)4-14-32)22-36(41)46-47(37)49(39)50(40)48(38)46/h1-25H. The molecule has 0 saturated carbocycles. The summed E-state index contributed by atoms with van der Waals surface area (Å²) in [6, 6.07) is 46.5. The fourth-order valence-electron chi connectivity index (χ4n) is 7.92. The van der Waals surface area contributed by atoms with Crippen molar-refractivity contribution in [3.05, 3.63) is 177 Å². The minimum absolute atomic E-state index is 0.586. The molecule has 0 aliphatic carbocycles. The van der Waals surface area contributed by atoms with Crippen LogP contribution >= 0.6 is 58.0 Å². The highest BCUT2D eigenvalue weighted by Crippen LogP contribution is 2.59. The second-order valence-corrected chi connectivity index (χ2v) is 16.4. The van der Waals surface area contributed by atoms with E-state index in [0.717, 1.165) is 53.9 Å². The van der Waals surface area contributed by atoms with E-state index in [1.165, 1.54) is 0 Å². The Balaban J connectivity index is 1.27.